The Morgan fingerprint density at radius 2 is 1.90 bits per heavy atom. The van der Waals surface area contributed by atoms with Gasteiger partial charge in [-0.2, -0.15) is 0 Å². The number of hydrogen-bond donors (Lipinski definition) is 1. The summed E-state index contributed by atoms with van der Waals surface area (Å²) in [5, 5.41) is 3.07. The smallest absolute Gasteiger partial charge is 0.253 e. The van der Waals surface area contributed by atoms with Gasteiger partial charge in [0.25, 0.3) is 5.91 Å². The van der Waals surface area contributed by atoms with Gasteiger partial charge in [-0.25, -0.2) is 8.78 Å². The minimum absolute atomic E-state index is 0.0783. The molecule has 4 nitrogen and oxygen atoms in total. The number of nitrogens with zero attached hydrogens (tertiary/aromatic N) is 2. The van der Waals surface area contributed by atoms with Crippen LogP contribution in [0.25, 0.3) is 11.3 Å². The summed E-state index contributed by atoms with van der Waals surface area (Å²) in [7, 11) is 0. The Labute approximate surface area is 180 Å². The average Bonchev–Trinajstić information content (AvgIpc) is 2.77. The van der Waals surface area contributed by atoms with Crippen LogP contribution >= 0.6 is 0 Å². The molecule has 6 heteroatoms. The zero-order chi connectivity index (χ0) is 21.8. The van der Waals surface area contributed by atoms with Gasteiger partial charge in [0.2, 0.25) is 0 Å². The number of nitrogens with one attached hydrogen (secondary N) is 1. The third kappa shape index (κ3) is 5.33. The Morgan fingerprint density at radius 1 is 1.10 bits per heavy atom. The monoisotopic (exact) mass is 421 g/mol. The molecule has 2 heterocycles. The molecule has 1 N–H and O–H groups in total. The quantitative estimate of drug-likeness (QED) is 0.648. The Kier molecular flexibility index (Phi) is 6.37. The van der Waals surface area contributed by atoms with E-state index in [1.54, 1.807) is 30.3 Å². The van der Waals surface area contributed by atoms with Crippen molar-refractivity contribution >= 4 is 5.91 Å². The van der Waals surface area contributed by atoms with Crippen molar-refractivity contribution in [2.75, 3.05) is 13.1 Å². The highest BCUT2D eigenvalue weighted by Crippen LogP contribution is 2.19. The molecule has 1 aromatic heterocycles. The van der Waals surface area contributed by atoms with Crippen LogP contribution in [0.2, 0.25) is 0 Å². The lowest BCUT2D eigenvalue weighted by Crippen LogP contribution is -2.44. The number of aromatic nitrogens is 1. The molecule has 1 saturated heterocycles. The first-order valence-corrected chi connectivity index (χ1v) is 10.5. The van der Waals surface area contributed by atoms with Gasteiger partial charge in [-0.1, -0.05) is 24.3 Å². The lowest BCUT2D eigenvalue weighted by Gasteiger charge is -2.32. The van der Waals surface area contributed by atoms with E-state index in [2.05, 4.69) is 15.2 Å². The molecule has 0 unspecified atom stereocenters. The van der Waals surface area contributed by atoms with Crippen LogP contribution in [0.3, 0.4) is 0 Å². The van der Waals surface area contributed by atoms with Gasteiger partial charge in [-0.15, -0.1) is 0 Å². The Bertz CT molecular complexity index is 1060. The fourth-order valence-corrected chi connectivity index (χ4v) is 3.87. The van der Waals surface area contributed by atoms with Crippen LogP contribution in [0.5, 0.6) is 0 Å². The summed E-state index contributed by atoms with van der Waals surface area (Å²) in [6, 6.07) is 15.1. The molecule has 1 amide bonds. The predicted molar refractivity (Wildman–Crippen MR) is 117 cm³/mol. The summed E-state index contributed by atoms with van der Waals surface area (Å²) in [5.41, 5.74) is 3.39. The third-order valence-electron chi connectivity index (χ3n) is 5.67. The molecule has 3 aromatic rings. The van der Waals surface area contributed by atoms with Crippen LogP contribution < -0.4 is 5.32 Å². The lowest BCUT2D eigenvalue weighted by molar-refractivity contribution is 0.0908. The van der Waals surface area contributed by atoms with Crippen molar-refractivity contribution in [1.29, 1.82) is 0 Å². The maximum Gasteiger partial charge on any atom is 0.253 e. The van der Waals surface area contributed by atoms with Gasteiger partial charge in [-0.05, 0) is 55.7 Å². The SMILES string of the molecule is Cc1ccc(CN2CCC(NC(=O)c3ccc(-c4cccc(F)c4)nc3)CC2)c(F)c1. The van der Waals surface area contributed by atoms with Crippen LogP contribution in [0.1, 0.15) is 34.3 Å². The van der Waals surface area contributed by atoms with Crippen LogP contribution in [0, 0.1) is 18.6 Å². The van der Waals surface area contributed by atoms with Crippen LogP contribution in [-0.4, -0.2) is 34.9 Å². The first kappa shape index (κ1) is 21.1. The molecule has 0 spiro atoms. The number of amides is 1. The third-order valence-corrected chi connectivity index (χ3v) is 5.67. The van der Waals surface area contributed by atoms with Crippen molar-refractivity contribution in [3.05, 3.63) is 89.1 Å². The number of benzene rings is 2. The van der Waals surface area contributed by atoms with E-state index >= 15 is 0 Å². The second kappa shape index (κ2) is 9.35. The molecule has 0 saturated carbocycles. The van der Waals surface area contributed by atoms with Gasteiger partial charge < -0.3 is 5.32 Å². The fraction of sp³-hybridized carbons (Fsp3) is 0.280. The van der Waals surface area contributed by atoms with Gasteiger partial charge in [0, 0.05) is 43.0 Å². The number of pyridine rings is 1. The van der Waals surface area contributed by atoms with Gasteiger partial charge >= 0.3 is 0 Å². The second-order valence-electron chi connectivity index (χ2n) is 8.06. The molecule has 0 atom stereocenters. The average molecular weight is 421 g/mol. The van der Waals surface area contributed by atoms with E-state index in [-0.39, 0.29) is 23.6 Å². The van der Waals surface area contributed by atoms with Crippen molar-refractivity contribution in [2.45, 2.75) is 32.4 Å². The molecule has 1 aliphatic heterocycles. The molecular formula is C25H25F2N3O. The number of rotatable bonds is 5. The van der Waals surface area contributed by atoms with E-state index in [4.69, 9.17) is 0 Å². The van der Waals surface area contributed by atoms with Crippen LogP contribution in [-0.2, 0) is 6.54 Å². The minimum Gasteiger partial charge on any atom is -0.349 e. The van der Waals surface area contributed by atoms with Crippen molar-refractivity contribution in [3.63, 3.8) is 0 Å². The largest absolute Gasteiger partial charge is 0.349 e. The molecule has 31 heavy (non-hydrogen) atoms. The maximum atomic E-state index is 14.1. The van der Waals surface area contributed by atoms with Crippen LogP contribution in [0.4, 0.5) is 8.78 Å². The Morgan fingerprint density at radius 3 is 2.58 bits per heavy atom. The molecule has 160 valence electrons. The number of piperidine rings is 1. The highest BCUT2D eigenvalue weighted by molar-refractivity contribution is 5.94. The standard InChI is InChI=1S/C25H25F2N3O/c1-17-5-6-20(23(27)13-17)16-30-11-9-22(10-12-30)29-25(31)19-7-8-24(28-15-19)18-3-2-4-21(26)14-18/h2-8,13-15,22H,9-12,16H2,1H3,(H,29,31). The summed E-state index contributed by atoms with van der Waals surface area (Å²) in [5.74, 6) is -0.650. The van der Waals surface area contributed by atoms with Gasteiger partial charge in [-0.3, -0.25) is 14.7 Å². The first-order chi connectivity index (χ1) is 15.0. The fourth-order valence-electron chi connectivity index (χ4n) is 3.87. The van der Waals surface area contributed by atoms with Crippen molar-refractivity contribution in [2.24, 2.45) is 0 Å². The van der Waals surface area contributed by atoms with E-state index in [0.717, 1.165) is 31.5 Å². The highest BCUT2D eigenvalue weighted by Gasteiger charge is 2.22. The Balaban J connectivity index is 1.29. The summed E-state index contributed by atoms with van der Waals surface area (Å²) in [6.07, 6.45) is 3.15. The molecule has 0 aliphatic carbocycles. The van der Waals surface area contributed by atoms with Crippen molar-refractivity contribution in [3.8, 4) is 11.3 Å². The molecule has 0 bridgehead atoms. The van der Waals surface area contributed by atoms with E-state index in [9.17, 15) is 13.6 Å². The van der Waals surface area contributed by atoms with Gasteiger partial charge in [0.05, 0.1) is 11.3 Å². The lowest BCUT2D eigenvalue weighted by atomic mass is 10.0. The zero-order valence-corrected chi connectivity index (χ0v) is 17.4. The number of carbonyl (C=O) groups is 1. The number of halogens is 2. The molecule has 1 aliphatic rings. The second-order valence-corrected chi connectivity index (χ2v) is 8.06. The summed E-state index contributed by atoms with van der Waals surface area (Å²) >= 11 is 0. The highest BCUT2D eigenvalue weighted by atomic mass is 19.1. The molecular weight excluding hydrogens is 396 g/mol. The number of carbonyl (C=O) groups excluding carboxylic acids is 1. The molecule has 4 rings (SSSR count). The van der Waals surface area contributed by atoms with E-state index in [1.165, 1.54) is 18.3 Å². The van der Waals surface area contributed by atoms with E-state index in [1.807, 2.05) is 19.1 Å². The van der Waals surface area contributed by atoms with Gasteiger partial charge in [0.1, 0.15) is 11.6 Å². The van der Waals surface area contributed by atoms with Crippen molar-refractivity contribution in [1.82, 2.24) is 15.2 Å². The van der Waals surface area contributed by atoms with E-state index < -0.39 is 0 Å². The molecule has 0 radical (unpaired) electrons. The minimum atomic E-state index is -0.322. The summed E-state index contributed by atoms with van der Waals surface area (Å²) in [6.45, 7) is 4.06. The number of hydrogen-bond acceptors (Lipinski definition) is 3. The first-order valence-electron chi connectivity index (χ1n) is 10.5. The number of likely N-dealkylation sites (tertiary alicyclic amines) is 1. The topological polar surface area (TPSA) is 45.2 Å². The van der Waals surface area contributed by atoms with E-state index in [0.29, 0.717) is 28.9 Å². The summed E-state index contributed by atoms with van der Waals surface area (Å²) in [4.78, 5) is 19.1. The zero-order valence-electron chi connectivity index (χ0n) is 17.4. The van der Waals surface area contributed by atoms with Crippen molar-refractivity contribution < 1.29 is 13.6 Å². The maximum absolute atomic E-state index is 14.1. The number of aryl methyl sites for hydroxylation is 1. The predicted octanol–water partition coefficient (Wildman–Crippen LogP) is 4.73. The summed E-state index contributed by atoms with van der Waals surface area (Å²) < 4.78 is 27.5. The van der Waals surface area contributed by atoms with Gasteiger partial charge in [0.15, 0.2) is 0 Å². The van der Waals surface area contributed by atoms with Crippen LogP contribution in [0.15, 0.2) is 60.8 Å². The molecule has 1 fully saturated rings. The molecule has 2 aromatic carbocycles. The Hall–Kier alpha value is -3.12. The normalized spacial score (nSPS) is 15.1.